The van der Waals surface area contributed by atoms with Gasteiger partial charge in [0, 0.05) is 18.4 Å². The quantitative estimate of drug-likeness (QED) is 0.847. The third-order valence-corrected chi connectivity index (χ3v) is 3.89. The maximum Gasteiger partial charge on any atom is 0.0270 e. The molecule has 0 aromatic carbocycles. The fourth-order valence-electron chi connectivity index (χ4n) is 2.67. The molecule has 1 fully saturated rings. The minimum Gasteiger partial charge on any atom is -0.327 e. The van der Waals surface area contributed by atoms with Gasteiger partial charge in [0.1, 0.15) is 0 Å². The third kappa shape index (κ3) is 3.05. The van der Waals surface area contributed by atoms with Crippen molar-refractivity contribution in [1.82, 2.24) is 4.98 Å². The van der Waals surface area contributed by atoms with Crippen molar-refractivity contribution in [2.24, 2.45) is 17.6 Å². The van der Waals surface area contributed by atoms with Gasteiger partial charge in [0.25, 0.3) is 0 Å². The molecule has 0 spiro atoms. The van der Waals surface area contributed by atoms with E-state index in [1.807, 2.05) is 12.4 Å². The van der Waals surface area contributed by atoms with Crippen molar-refractivity contribution in [3.05, 3.63) is 30.1 Å². The zero-order valence-corrected chi connectivity index (χ0v) is 10.1. The highest BCUT2D eigenvalue weighted by Gasteiger charge is 2.23. The molecule has 0 saturated heterocycles. The van der Waals surface area contributed by atoms with Gasteiger partial charge in [0.15, 0.2) is 0 Å². The molecule has 0 aliphatic heterocycles. The summed E-state index contributed by atoms with van der Waals surface area (Å²) in [5, 5.41) is 0. The zero-order chi connectivity index (χ0) is 11.4. The lowest BCUT2D eigenvalue weighted by molar-refractivity contribution is 0.253. The van der Waals surface area contributed by atoms with Gasteiger partial charge in [-0.25, -0.2) is 0 Å². The number of nitrogens with two attached hydrogens (primary N) is 1. The topological polar surface area (TPSA) is 38.9 Å². The molecule has 1 saturated carbocycles. The number of hydrogen-bond acceptors (Lipinski definition) is 2. The summed E-state index contributed by atoms with van der Waals surface area (Å²) in [6, 6.07) is 4.48. The highest BCUT2D eigenvalue weighted by molar-refractivity contribution is 5.11. The van der Waals surface area contributed by atoms with E-state index in [2.05, 4.69) is 24.0 Å². The lowest BCUT2D eigenvalue weighted by Crippen LogP contribution is -2.34. The molecule has 1 atom stereocenters. The van der Waals surface area contributed by atoms with E-state index in [1.165, 1.54) is 31.2 Å². The summed E-state index contributed by atoms with van der Waals surface area (Å²) in [6.45, 7) is 2.35. The van der Waals surface area contributed by atoms with Crippen LogP contribution in [0.25, 0.3) is 0 Å². The fraction of sp³-hybridized carbons (Fsp3) is 0.643. The molecular formula is C14H22N2. The molecule has 2 nitrogen and oxygen atoms in total. The molecule has 1 unspecified atom stereocenters. The van der Waals surface area contributed by atoms with Gasteiger partial charge in [-0.3, -0.25) is 4.98 Å². The second-order valence-corrected chi connectivity index (χ2v) is 5.24. The van der Waals surface area contributed by atoms with Crippen LogP contribution in [0.4, 0.5) is 0 Å². The van der Waals surface area contributed by atoms with Crippen LogP contribution < -0.4 is 5.73 Å². The van der Waals surface area contributed by atoms with Gasteiger partial charge in [-0.15, -0.1) is 0 Å². The van der Waals surface area contributed by atoms with Gasteiger partial charge in [-0.2, -0.15) is 0 Å². The largest absolute Gasteiger partial charge is 0.327 e. The number of nitrogens with zero attached hydrogens (tertiary/aromatic N) is 1. The first kappa shape index (κ1) is 11.6. The molecule has 2 heteroatoms. The van der Waals surface area contributed by atoms with Crippen LogP contribution in [0.2, 0.25) is 0 Å². The lowest BCUT2D eigenvalue weighted by Gasteiger charge is -2.30. The first-order valence-corrected chi connectivity index (χ1v) is 6.40. The molecule has 1 aliphatic rings. The molecule has 0 radical (unpaired) electrons. The summed E-state index contributed by atoms with van der Waals surface area (Å²) in [7, 11) is 0. The normalized spacial score (nSPS) is 27.6. The molecule has 1 aromatic rings. The van der Waals surface area contributed by atoms with E-state index in [-0.39, 0.29) is 0 Å². The van der Waals surface area contributed by atoms with E-state index in [9.17, 15) is 0 Å². The van der Waals surface area contributed by atoms with Crippen molar-refractivity contribution in [2.75, 3.05) is 0 Å². The summed E-state index contributed by atoms with van der Waals surface area (Å²) in [4.78, 5) is 4.03. The van der Waals surface area contributed by atoms with E-state index in [0.29, 0.717) is 6.04 Å². The minimum absolute atomic E-state index is 0.329. The number of aromatic nitrogens is 1. The van der Waals surface area contributed by atoms with Gasteiger partial charge in [-0.05, 0) is 48.8 Å². The van der Waals surface area contributed by atoms with Crippen molar-refractivity contribution in [1.29, 1.82) is 0 Å². The maximum absolute atomic E-state index is 6.31. The lowest BCUT2D eigenvalue weighted by atomic mass is 9.78. The Labute approximate surface area is 98.3 Å². The van der Waals surface area contributed by atoms with E-state index in [4.69, 9.17) is 5.73 Å². The fourth-order valence-corrected chi connectivity index (χ4v) is 2.67. The summed E-state index contributed by atoms with van der Waals surface area (Å²) in [5.41, 5.74) is 7.63. The molecule has 1 aliphatic carbocycles. The van der Waals surface area contributed by atoms with Crippen LogP contribution in [0.15, 0.2) is 24.5 Å². The molecule has 0 bridgehead atoms. The van der Waals surface area contributed by atoms with Crippen LogP contribution in [-0.2, 0) is 6.42 Å². The Morgan fingerprint density at radius 3 is 2.50 bits per heavy atom. The SMILES string of the molecule is CC1CCC(C(N)Cc2ccncc2)CC1. The Hall–Kier alpha value is -0.890. The van der Waals surface area contributed by atoms with Crippen LogP contribution in [0, 0.1) is 11.8 Å². The minimum atomic E-state index is 0.329. The highest BCUT2D eigenvalue weighted by atomic mass is 14.7. The molecule has 1 heterocycles. The van der Waals surface area contributed by atoms with E-state index in [0.717, 1.165) is 18.3 Å². The van der Waals surface area contributed by atoms with Crippen molar-refractivity contribution < 1.29 is 0 Å². The van der Waals surface area contributed by atoms with Crippen molar-refractivity contribution in [2.45, 2.75) is 45.1 Å². The second-order valence-electron chi connectivity index (χ2n) is 5.24. The highest BCUT2D eigenvalue weighted by Crippen LogP contribution is 2.30. The summed E-state index contributed by atoms with van der Waals surface area (Å²) < 4.78 is 0. The molecule has 0 amide bonds. The van der Waals surface area contributed by atoms with E-state index in [1.54, 1.807) is 0 Å². The van der Waals surface area contributed by atoms with Crippen LogP contribution in [0.3, 0.4) is 0 Å². The smallest absolute Gasteiger partial charge is 0.0270 e. The van der Waals surface area contributed by atoms with Crippen molar-refractivity contribution in [3.8, 4) is 0 Å². The molecule has 2 N–H and O–H groups in total. The first-order valence-electron chi connectivity index (χ1n) is 6.40. The Morgan fingerprint density at radius 1 is 1.25 bits per heavy atom. The maximum atomic E-state index is 6.31. The average Bonchev–Trinajstić information content (AvgIpc) is 2.31. The average molecular weight is 218 g/mol. The van der Waals surface area contributed by atoms with Crippen LogP contribution >= 0.6 is 0 Å². The van der Waals surface area contributed by atoms with Crippen molar-refractivity contribution in [3.63, 3.8) is 0 Å². The van der Waals surface area contributed by atoms with Gasteiger partial charge in [0.05, 0.1) is 0 Å². The first-order chi connectivity index (χ1) is 7.75. The zero-order valence-electron chi connectivity index (χ0n) is 10.1. The Kier molecular flexibility index (Phi) is 3.94. The summed E-state index contributed by atoms with van der Waals surface area (Å²) in [5.74, 6) is 1.63. The van der Waals surface area contributed by atoms with Crippen molar-refractivity contribution >= 4 is 0 Å². The predicted octanol–water partition coefficient (Wildman–Crippen LogP) is 2.78. The number of pyridine rings is 1. The second kappa shape index (κ2) is 5.44. The third-order valence-electron chi connectivity index (χ3n) is 3.89. The Balaban J connectivity index is 1.86. The van der Waals surface area contributed by atoms with E-state index < -0.39 is 0 Å². The summed E-state index contributed by atoms with van der Waals surface area (Å²) in [6.07, 6.45) is 10.0. The van der Waals surface area contributed by atoms with Gasteiger partial charge >= 0.3 is 0 Å². The molecule has 2 rings (SSSR count). The number of hydrogen-bond donors (Lipinski definition) is 1. The molecule has 88 valence electrons. The predicted molar refractivity (Wildman–Crippen MR) is 67.0 cm³/mol. The van der Waals surface area contributed by atoms with Crippen LogP contribution in [0.1, 0.15) is 38.2 Å². The molecular weight excluding hydrogens is 196 g/mol. The van der Waals surface area contributed by atoms with Gasteiger partial charge < -0.3 is 5.73 Å². The van der Waals surface area contributed by atoms with Crippen LogP contribution in [0.5, 0.6) is 0 Å². The monoisotopic (exact) mass is 218 g/mol. The van der Waals surface area contributed by atoms with Gasteiger partial charge in [-0.1, -0.05) is 19.8 Å². The van der Waals surface area contributed by atoms with E-state index >= 15 is 0 Å². The van der Waals surface area contributed by atoms with Gasteiger partial charge in [0.2, 0.25) is 0 Å². The molecule has 16 heavy (non-hydrogen) atoms. The van der Waals surface area contributed by atoms with Crippen LogP contribution in [-0.4, -0.2) is 11.0 Å². The Morgan fingerprint density at radius 2 is 1.88 bits per heavy atom. The number of rotatable bonds is 3. The summed E-state index contributed by atoms with van der Waals surface area (Å²) >= 11 is 0. The standard InChI is InChI=1S/C14H22N2/c1-11-2-4-13(5-3-11)14(15)10-12-6-8-16-9-7-12/h6-9,11,13-14H,2-5,10,15H2,1H3. The molecule has 1 aromatic heterocycles. The Bertz CT molecular complexity index is 302.